The highest BCUT2D eigenvalue weighted by Gasteiger charge is 2.15. The van der Waals surface area contributed by atoms with Gasteiger partial charge in [0.15, 0.2) is 11.0 Å². The maximum atomic E-state index is 12.2. The molecule has 0 aliphatic carbocycles. The molecule has 0 saturated heterocycles. The van der Waals surface area contributed by atoms with Crippen LogP contribution in [0.1, 0.15) is 0 Å². The Morgan fingerprint density at radius 3 is 2.67 bits per heavy atom. The van der Waals surface area contributed by atoms with Gasteiger partial charge in [-0.25, -0.2) is 0 Å². The molecular formula is C19H16BrClN4OS. The first kappa shape index (κ1) is 19.7. The van der Waals surface area contributed by atoms with Gasteiger partial charge in [-0.05, 0) is 24.3 Å². The Bertz CT molecular complexity index is 959. The first-order valence-corrected chi connectivity index (χ1v) is 10.2. The van der Waals surface area contributed by atoms with Crippen molar-refractivity contribution in [3.05, 3.63) is 70.7 Å². The molecule has 27 heavy (non-hydrogen) atoms. The maximum absolute atomic E-state index is 12.2. The van der Waals surface area contributed by atoms with Crippen molar-refractivity contribution in [3.8, 4) is 11.4 Å². The Hall–Kier alpha value is -2.09. The average molecular weight is 464 g/mol. The van der Waals surface area contributed by atoms with Crippen molar-refractivity contribution in [2.24, 2.45) is 0 Å². The number of aromatic nitrogens is 3. The summed E-state index contributed by atoms with van der Waals surface area (Å²) < 4.78 is 2.93. The average Bonchev–Trinajstić information content (AvgIpc) is 3.06. The van der Waals surface area contributed by atoms with E-state index in [0.29, 0.717) is 22.4 Å². The van der Waals surface area contributed by atoms with Gasteiger partial charge in [0.1, 0.15) is 0 Å². The zero-order valence-corrected chi connectivity index (χ0v) is 17.4. The van der Waals surface area contributed by atoms with E-state index in [1.165, 1.54) is 11.8 Å². The van der Waals surface area contributed by atoms with Crippen LogP contribution < -0.4 is 5.32 Å². The molecule has 8 heteroatoms. The Balaban J connectivity index is 1.73. The molecule has 1 aromatic heterocycles. The van der Waals surface area contributed by atoms with Crippen LogP contribution in [0.3, 0.4) is 0 Å². The number of nitrogens with one attached hydrogen (secondary N) is 1. The number of thioether (sulfide) groups is 1. The largest absolute Gasteiger partial charge is 0.324 e. The quantitative estimate of drug-likeness (QED) is 0.383. The van der Waals surface area contributed by atoms with Gasteiger partial charge in [-0.3, -0.25) is 9.36 Å². The number of hydrogen-bond donors (Lipinski definition) is 1. The van der Waals surface area contributed by atoms with E-state index in [4.69, 9.17) is 11.6 Å². The summed E-state index contributed by atoms with van der Waals surface area (Å²) in [7, 11) is 0. The Morgan fingerprint density at radius 1 is 1.22 bits per heavy atom. The molecule has 5 nitrogen and oxygen atoms in total. The number of para-hydroxylation sites is 1. The normalized spacial score (nSPS) is 10.6. The number of carbonyl (C=O) groups is 1. The lowest BCUT2D eigenvalue weighted by molar-refractivity contribution is -0.113. The van der Waals surface area contributed by atoms with Gasteiger partial charge in [-0.2, -0.15) is 0 Å². The van der Waals surface area contributed by atoms with Gasteiger partial charge in [-0.15, -0.1) is 16.8 Å². The molecule has 0 saturated carbocycles. The van der Waals surface area contributed by atoms with Crippen molar-refractivity contribution in [1.29, 1.82) is 0 Å². The second kappa shape index (κ2) is 9.21. The summed E-state index contributed by atoms with van der Waals surface area (Å²) in [4.78, 5) is 12.2. The molecule has 0 bridgehead atoms. The van der Waals surface area contributed by atoms with Crippen LogP contribution >= 0.6 is 39.3 Å². The second-order valence-corrected chi connectivity index (χ2v) is 7.79. The summed E-state index contributed by atoms with van der Waals surface area (Å²) in [6, 6.07) is 15.0. The predicted octanol–water partition coefficient (Wildman–Crippen LogP) is 5.28. The fraction of sp³-hybridized carbons (Fsp3) is 0.105. The molecule has 0 aliphatic heterocycles. The van der Waals surface area contributed by atoms with Crippen LogP contribution in [0, 0.1) is 0 Å². The summed E-state index contributed by atoms with van der Waals surface area (Å²) in [5.41, 5.74) is 1.53. The summed E-state index contributed by atoms with van der Waals surface area (Å²) in [6.07, 6.45) is 1.78. The third-order valence-electron chi connectivity index (χ3n) is 3.61. The summed E-state index contributed by atoms with van der Waals surface area (Å²) in [5.74, 6) is 0.767. The van der Waals surface area contributed by atoms with Crippen molar-refractivity contribution >= 4 is 50.9 Å². The molecular weight excluding hydrogens is 448 g/mol. The van der Waals surface area contributed by atoms with Crippen molar-refractivity contribution in [2.75, 3.05) is 11.1 Å². The third kappa shape index (κ3) is 5.00. The maximum Gasteiger partial charge on any atom is 0.234 e. The van der Waals surface area contributed by atoms with Gasteiger partial charge in [0.25, 0.3) is 0 Å². The number of hydrogen-bond acceptors (Lipinski definition) is 4. The number of nitrogens with zero attached hydrogens (tertiary/aromatic N) is 3. The van der Waals surface area contributed by atoms with Gasteiger partial charge in [0.05, 0.1) is 16.5 Å². The number of rotatable bonds is 7. The number of anilines is 1. The fourth-order valence-corrected chi connectivity index (χ4v) is 3.58. The van der Waals surface area contributed by atoms with Crippen molar-refractivity contribution in [2.45, 2.75) is 11.7 Å². The van der Waals surface area contributed by atoms with E-state index < -0.39 is 0 Å². The minimum absolute atomic E-state index is 0.161. The van der Waals surface area contributed by atoms with Gasteiger partial charge < -0.3 is 5.32 Å². The topological polar surface area (TPSA) is 59.8 Å². The minimum atomic E-state index is -0.161. The third-order valence-corrected chi connectivity index (χ3v) is 5.44. The van der Waals surface area contributed by atoms with Gasteiger partial charge in [-0.1, -0.05) is 69.6 Å². The van der Waals surface area contributed by atoms with E-state index in [1.54, 1.807) is 18.2 Å². The van der Waals surface area contributed by atoms with Crippen LogP contribution in [0.15, 0.2) is 70.8 Å². The molecule has 2 aromatic carbocycles. The van der Waals surface area contributed by atoms with Gasteiger partial charge >= 0.3 is 0 Å². The molecule has 1 amide bonds. The first-order valence-electron chi connectivity index (χ1n) is 8.05. The monoisotopic (exact) mass is 462 g/mol. The lowest BCUT2D eigenvalue weighted by Gasteiger charge is -2.09. The zero-order valence-electron chi connectivity index (χ0n) is 14.2. The highest BCUT2D eigenvalue weighted by molar-refractivity contribution is 9.10. The zero-order chi connectivity index (χ0) is 19.2. The molecule has 0 radical (unpaired) electrons. The van der Waals surface area contributed by atoms with E-state index in [1.807, 2.05) is 41.0 Å². The Kier molecular flexibility index (Phi) is 6.71. The molecule has 3 rings (SSSR count). The van der Waals surface area contributed by atoms with Crippen molar-refractivity contribution in [3.63, 3.8) is 0 Å². The van der Waals surface area contributed by atoms with E-state index in [0.717, 1.165) is 15.9 Å². The highest BCUT2D eigenvalue weighted by atomic mass is 79.9. The Labute approximate surface area is 175 Å². The smallest absolute Gasteiger partial charge is 0.234 e. The van der Waals surface area contributed by atoms with Crippen molar-refractivity contribution in [1.82, 2.24) is 14.8 Å². The van der Waals surface area contributed by atoms with Gasteiger partial charge in [0, 0.05) is 16.6 Å². The van der Waals surface area contributed by atoms with Crippen LogP contribution in [0.5, 0.6) is 0 Å². The number of halogens is 2. The molecule has 0 atom stereocenters. The molecule has 1 heterocycles. The van der Waals surface area contributed by atoms with E-state index in [2.05, 4.69) is 38.0 Å². The summed E-state index contributed by atoms with van der Waals surface area (Å²) >= 11 is 10.8. The van der Waals surface area contributed by atoms with E-state index >= 15 is 0 Å². The standard InChI is InChI=1S/C19H16BrClN4OS/c1-2-11-25-18(13-7-9-14(20)10-8-13)23-24-19(25)27-12-17(26)22-16-6-4-3-5-15(16)21/h2-10H,1,11-12H2,(H,22,26). The molecule has 1 N–H and O–H groups in total. The lowest BCUT2D eigenvalue weighted by Crippen LogP contribution is -2.15. The number of benzene rings is 2. The SMILES string of the molecule is C=CCn1c(SCC(=O)Nc2ccccc2Cl)nnc1-c1ccc(Br)cc1. The minimum Gasteiger partial charge on any atom is -0.324 e. The van der Waals surface area contributed by atoms with E-state index in [9.17, 15) is 4.79 Å². The van der Waals surface area contributed by atoms with Crippen molar-refractivity contribution < 1.29 is 4.79 Å². The molecule has 138 valence electrons. The van der Waals surface area contributed by atoms with Crippen LogP contribution in [-0.2, 0) is 11.3 Å². The molecule has 0 fully saturated rings. The predicted molar refractivity (Wildman–Crippen MR) is 114 cm³/mol. The number of amides is 1. The van der Waals surface area contributed by atoms with Crippen LogP contribution in [0.4, 0.5) is 5.69 Å². The molecule has 0 aliphatic rings. The van der Waals surface area contributed by atoms with Crippen LogP contribution in [0.25, 0.3) is 11.4 Å². The second-order valence-electron chi connectivity index (χ2n) is 5.53. The lowest BCUT2D eigenvalue weighted by atomic mass is 10.2. The van der Waals surface area contributed by atoms with Crippen LogP contribution in [0.2, 0.25) is 5.02 Å². The Morgan fingerprint density at radius 2 is 1.96 bits per heavy atom. The summed E-state index contributed by atoms with van der Waals surface area (Å²) in [5, 5.41) is 12.5. The highest BCUT2D eigenvalue weighted by Crippen LogP contribution is 2.26. The van der Waals surface area contributed by atoms with Gasteiger partial charge in [0.2, 0.25) is 5.91 Å². The molecule has 0 spiro atoms. The van der Waals surface area contributed by atoms with E-state index in [-0.39, 0.29) is 11.7 Å². The molecule has 0 unspecified atom stereocenters. The summed E-state index contributed by atoms with van der Waals surface area (Å²) in [6.45, 7) is 4.35. The van der Waals surface area contributed by atoms with Crippen LogP contribution in [-0.4, -0.2) is 26.4 Å². The molecule has 3 aromatic rings. The fourth-order valence-electron chi connectivity index (χ4n) is 2.38. The first-order chi connectivity index (χ1) is 13.1. The number of allylic oxidation sites excluding steroid dienone is 1. The number of carbonyl (C=O) groups excluding carboxylic acids is 1.